The molecule has 0 bridgehead atoms. The Labute approximate surface area is 86.4 Å². The molecule has 2 N–H and O–H groups in total. The van der Waals surface area contributed by atoms with E-state index in [1.165, 1.54) is 0 Å². The molecule has 0 aromatic carbocycles. The lowest BCUT2D eigenvalue weighted by Gasteiger charge is -2.25. The van der Waals surface area contributed by atoms with Crippen molar-refractivity contribution in [1.29, 1.82) is 0 Å². The fourth-order valence-electron chi connectivity index (χ4n) is 0.981. The Hall–Kier alpha value is -0.450. The highest BCUT2D eigenvalue weighted by atomic mass is 79.9. The third-order valence-electron chi connectivity index (χ3n) is 2.11. The molecular weight excluding hydrogens is 232 g/mol. The minimum atomic E-state index is -0.485. The first-order chi connectivity index (χ1) is 6.12. The van der Waals surface area contributed by atoms with Crippen molar-refractivity contribution in [3.8, 4) is 0 Å². The molecule has 3 nitrogen and oxygen atoms in total. The van der Waals surface area contributed by atoms with Crippen molar-refractivity contribution in [3.63, 3.8) is 0 Å². The summed E-state index contributed by atoms with van der Waals surface area (Å²) in [5.41, 5.74) is 5.97. The van der Waals surface area contributed by atoms with Gasteiger partial charge in [-0.25, -0.2) is 0 Å². The predicted octanol–water partition coefficient (Wildman–Crippen LogP) is 1.66. The van der Waals surface area contributed by atoms with Crippen molar-refractivity contribution in [2.45, 2.75) is 12.5 Å². The van der Waals surface area contributed by atoms with Gasteiger partial charge in [0, 0.05) is 24.3 Å². The van der Waals surface area contributed by atoms with Gasteiger partial charge in [0.15, 0.2) is 0 Å². The molecule has 13 heavy (non-hydrogen) atoms. The Kier molecular flexibility index (Phi) is 3.41. The zero-order chi connectivity index (χ0) is 9.90. The molecule has 1 aromatic rings. The molecule has 1 atom stereocenters. The Balaban J connectivity index is 2.99. The van der Waals surface area contributed by atoms with Crippen molar-refractivity contribution in [1.82, 2.24) is 4.98 Å². The molecule has 0 aliphatic heterocycles. The van der Waals surface area contributed by atoms with Gasteiger partial charge in [-0.2, -0.15) is 0 Å². The van der Waals surface area contributed by atoms with Crippen LogP contribution in [0.1, 0.15) is 12.6 Å². The predicted molar refractivity (Wildman–Crippen MR) is 55.4 cm³/mol. The van der Waals surface area contributed by atoms with Gasteiger partial charge >= 0.3 is 0 Å². The summed E-state index contributed by atoms with van der Waals surface area (Å²) in [6.07, 6.45) is 1.74. The summed E-state index contributed by atoms with van der Waals surface area (Å²) in [5.74, 6) is 0. The largest absolute Gasteiger partial charge is 0.371 e. The summed E-state index contributed by atoms with van der Waals surface area (Å²) >= 11 is 3.32. The molecule has 72 valence electrons. The van der Waals surface area contributed by atoms with Crippen LogP contribution in [0.3, 0.4) is 0 Å². The van der Waals surface area contributed by atoms with Crippen LogP contribution >= 0.6 is 15.9 Å². The molecule has 4 heteroatoms. The van der Waals surface area contributed by atoms with Gasteiger partial charge in [0.05, 0.1) is 5.69 Å². The molecule has 0 amide bonds. The van der Waals surface area contributed by atoms with Crippen LogP contribution in [0.15, 0.2) is 22.8 Å². The SMILES string of the molecule is COC(C)(CN)c1ccc(Br)cn1. The van der Waals surface area contributed by atoms with E-state index in [4.69, 9.17) is 10.5 Å². The highest BCUT2D eigenvalue weighted by Gasteiger charge is 2.25. The normalized spacial score (nSPS) is 15.4. The van der Waals surface area contributed by atoms with E-state index in [1.807, 2.05) is 19.1 Å². The summed E-state index contributed by atoms with van der Waals surface area (Å²) in [4.78, 5) is 4.24. The van der Waals surface area contributed by atoms with E-state index < -0.39 is 5.60 Å². The first-order valence-electron chi connectivity index (χ1n) is 3.99. The molecule has 0 aliphatic rings. The monoisotopic (exact) mass is 244 g/mol. The van der Waals surface area contributed by atoms with Gasteiger partial charge in [-0.1, -0.05) is 0 Å². The average Bonchev–Trinajstić information content (AvgIpc) is 2.18. The number of methoxy groups -OCH3 is 1. The van der Waals surface area contributed by atoms with E-state index in [2.05, 4.69) is 20.9 Å². The van der Waals surface area contributed by atoms with Crippen molar-refractivity contribution in [2.24, 2.45) is 5.73 Å². The van der Waals surface area contributed by atoms with Gasteiger partial charge in [0.25, 0.3) is 0 Å². The highest BCUT2D eigenvalue weighted by Crippen LogP contribution is 2.22. The maximum atomic E-state index is 5.61. The van der Waals surface area contributed by atoms with Gasteiger partial charge in [0.1, 0.15) is 5.60 Å². The molecule has 0 aliphatic carbocycles. The number of nitrogens with two attached hydrogens (primary N) is 1. The number of pyridine rings is 1. The molecule has 1 rings (SSSR count). The van der Waals surface area contributed by atoms with Crippen LogP contribution in [0.5, 0.6) is 0 Å². The molecular formula is C9H13BrN2O. The van der Waals surface area contributed by atoms with Crippen LogP contribution in [-0.2, 0) is 10.3 Å². The Morgan fingerprint density at radius 1 is 1.62 bits per heavy atom. The molecule has 0 saturated heterocycles. The molecule has 1 aromatic heterocycles. The van der Waals surface area contributed by atoms with Crippen LogP contribution in [0.25, 0.3) is 0 Å². The van der Waals surface area contributed by atoms with E-state index >= 15 is 0 Å². The van der Waals surface area contributed by atoms with Gasteiger partial charge < -0.3 is 10.5 Å². The zero-order valence-electron chi connectivity index (χ0n) is 7.75. The Morgan fingerprint density at radius 2 is 2.31 bits per heavy atom. The van der Waals surface area contributed by atoms with Crippen LogP contribution in [0.2, 0.25) is 0 Å². The first-order valence-corrected chi connectivity index (χ1v) is 4.79. The van der Waals surface area contributed by atoms with Gasteiger partial charge in [-0.3, -0.25) is 4.98 Å². The van der Waals surface area contributed by atoms with Gasteiger partial charge in [-0.15, -0.1) is 0 Å². The second-order valence-corrected chi connectivity index (χ2v) is 3.92. The zero-order valence-corrected chi connectivity index (χ0v) is 9.34. The highest BCUT2D eigenvalue weighted by molar-refractivity contribution is 9.10. The number of ether oxygens (including phenoxy) is 1. The summed E-state index contributed by atoms with van der Waals surface area (Å²) in [6, 6.07) is 3.83. The quantitative estimate of drug-likeness (QED) is 0.881. The van der Waals surface area contributed by atoms with E-state index in [1.54, 1.807) is 13.3 Å². The summed E-state index contributed by atoms with van der Waals surface area (Å²) in [7, 11) is 1.64. The first kappa shape index (κ1) is 10.6. The molecule has 0 radical (unpaired) electrons. The summed E-state index contributed by atoms with van der Waals surface area (Å²) in [6.45, 7) is 2.33. The smallest absolute Gasteiger partial charge is 0.119 e. The fourth-order valence-corrected chi connectivity index (χ4v) is 1.22. The van der Waals surface area contributed by atoms with Crippen LogP contribution in [0, 0.1) is 0 Å². The number of hydrogen-bond acceptors (Lipinski definition) is 3. The minimum absolute atomic E-state index is 0.415. The maximum absolute atomic E-state index is 5.61. The lowest BCUT2D eigenvalue weighted by Crippen LogP contribution is -2.34. The number of nitrogens with zero attached hydrogens (tertiary/aromatic N) is 1. The average molecular weight is 245 g/mol. The summed E-state index contributed by atoms with van der Waals surface area (Å²) < 4.78 is 6.26. The van der Waals surface area contributed by atoms with Crippen LogP contribution in [-0.4, -0.2) is 18.6 Å². The Morgan fingerprint density at radius 3 is 2.69 bits per heavy atom. The van der Waals surface area contributed by atoms with E-state index in [0.717, 1.165) is 10.2 Å². The molecule has 0 fully saturated rings. The standard InChI is InChI=1S/C9H13BrN2O/c1-9(6-11,13-2)8-4-3-7(10)5-12-8/h3-5H,6,11H2,1-2H3. The topological polar surface area (TPSA) is 48.1 Å². The number of aromatic nitrogens is 1. The second-order valence-electron chi connectivity index (χ2n) is 3.00. The molecule has 0 saturated carbocycles. The Bertz CT molecular complexity index is 269. The lowest BCUT2D eigenvalue weighted by atomic mass is 10.0. The summed E-state index contributed by atoms with van der Waals surface area (Å²) in [5, 5.41) is 0. The third-order valence-corrected chi connectivity index (χ3v) is 2.58. The molecule has 1 heterocycles. The van der Waals surface area contributed by atoms with Crippen molar-refractivity contribution >= 4 is 15.9 Å². The molecule has 1 unspecified atom stereocenters. The fraction of sp³-hybridized carbons (Fsp3) is 0.444. The van der Waals surface area contributed by atoms with Crippen molar-refractivity contribution in [3.05, 3.63) is 28.5 Å². The molecule has 0 spiro atoms. The van der Waals surface area contributed by atoms with Crippen molar-refractivity contribution < 1.29 is 4.74 Å². The number of rotatable bonds is 3. The van der Waals surface area contributed by atoms with Crippen LogP contribution in [0.4, 0.5) is 0 Å². The number of hydrogen-bond donors (Lipinski definition) is 1. The van der Waals surface area contributed by atoms with E-state index in [-0.39, 0.29) is 0 Å². The van der Waals surface area contributed by atoms with E-state index in [9.17, 15) is 0 Å². The third kappa shape index (κ3) is 2.27. The van der Waals surface area contributed by atoms with Gasteiger partial charge in [0.2, 0.25) is 0 Å². The minimum Gasteiger partial charge on any atom is -0.371 e. The van der Waals surface area contributed by atoms with Crippen LogP contribution < -0.4 is 5.73 Å². The van der Waals surface area contributed by atoms with Crippen molar-refractivity contribution in [2.75, 3.05) is 13.7 Å². The van der Waals surface area contributed by atoms with E-state index in [0.29, 0.717) is 6.54 Å². The number of halogens is 1. The lowest BCUT2D eigenvalue weighted by molar-refractivity contribution is 0.00639. The second kappa shape index (κ2) is 4.17. The van der Waals surface area contributed by atoms with Gasteiger partial charge in [-0.05, 0) is 35.0 Å². The maximum Gasteiger partial charge on any atom is 0.119 e.